The average Bonchev–Trinajstić information content (AvgIpc) is 2.58. The molecule has 6 heteroatoms. The number of hydrogen-bond acceptors (Lipinski definition) is 4. The highest BCUT2D eigenvalue weighted by molar-refractivity contribution is 9.09. The van der Waals surface area contributed by atoms with Gasteiger partial charge in [-0.15, -0.1) is 0 Å². The number of ketones is 2. The maximum atomic E-state index is 11.3. The Balaban J connectivity index is 2.64. The molecular formula is C8H11Br2NO3. The molecule has 1 N–H and O–H groups in total. The molecule has 0 saturated carbocycles. The van der Waals surface area contributed by atoms with Gasteiger partial charge in [-0.25, -0.2) is 0 Å². The first kappa shape index (κ1) is 12.3. The van der Waals surface area contributed by atoms with E-state index < -0.39 is 12.1 Å². The zero-order chi connectivity index (χ0) is 10.7. The van der Waals surface area contributed by atoms with E-state index in [1.54, 1.807) is 0 Å². The molecule has 0 aromatic carbocycles. The molecule has 0 amide bonds. The van der Waals surface area contributed by atoms with Crippen LogP contribution in [-0.4, -0.2) is 44.6 Å². The molecule has 1 saturated heterocycles. The lowest BCUT2D eigenvalue weighted by Crippen LogP contribution is -2.42. The van der Waals surface area contributed by atoms with Gasteiger partial charge in [0.25, 0.3) is 0 Å². The maximum Gasteiger partial charge on any atom is 0.162 e. The summed E-state index contributed by atoms with van der Waals surface area (Å²) in [5.74, 6) is -0.172. The van der Waals surface area contributed by atoms with Crippen molar-refractivity contribution in [2.45, 2.75) is 24.9 Å². The highest BCUT2D eigenvalue weighted by atomic mass is 79.9. The predicted octanol–water partition coefficient (Wildman–Crippen LogP) is 1.14. The number of halogens is 2. The van der Waals surface area contributed by atoms with Gasteiger partial charge in [0.1, 0.15) is 0 Å². The summed E-state index contributed by atoms with van der Waals surface area (Å²) < 4.78 is 0. The number of alkyl halides is 2. The summed E-state index contributed by atoms with van der Waals surface area (Å²) in [6, 6.07) is -1.05. The number of carbonyl (C=O) groups excluding carboxylic acids is 2. The summed E-state index contributed by atoms with van der Waals surface area (Å²) in [5.41, 5.74) is 0. The molecule has 4 nitrogen and oxygen atoms in total. The minimum atomic E-state index is -0.526. The third kappa shape index (κ3) is 2.42. The predicted molar refractivity (Wildman–Crippen MR) is 58.0 cm³/mol. The van der Waals surface area contributed by atoms with Crippen LogP contribution in [0.2, 0.25) is 0 Å². The van der Waals surface area contributed by atoms with Gasteiger partial charge in [-0.1, -0.05) is 31.9 Å². The Morgan fingerprint density at radius 3 is 1.79 bits per heavy atom. The quantitative estimate of drug-likeness (QED) is 0.786. The molecule has 1 rings (SSSR count). The smallest absolute Gasteiger partial charge is 0.162 e. The van der Waals surface area contributed by atoms with Crippen molar-refractivity contribution in [3.63, 3.8) is 0 Å². The topological polar surface area (TPSA) is 57.6 Å². The van der Waals surface area contributed by atoms with Crippen molar-refractivity contribution in [3.8, 4) is 0 Å². The van der Waals surface area contributed by atoms with E-state index in [9.17, 15) is 14.8 Å². The fourth-order valence-corrected chi connectivity index (χ4v) is 2.34. The number of hydroxylamine groups is 2. The van der Waals surface area contributed by atoms with E-state index in [2.05, 4.69) is 31.9 Å². The molecule has 2 atom stereocenters. The fourth-order valence-electron chi connectivity index (χ4n) is 1.59. The molecule has 80 valence electrons. The lowest BCUT2D eigenvalue weighted by Gasteiger charge is -2.20. The van der Waals surface area contributed by atoms with Gasteiger partial charge >= 0.3 is 0 Å². The Kier molecular flexibility index (Phi) is 4.69. The zero-order valence-corrected chi connectivity index (χ0v) is 10.6. The largest absolute Gasteiger partial charge is 0.313 e. The van der Waals surface area contributed by atoms with Crippen LogP contribution in [0.3, 0.4) is 0 Å². The van der Waals surface area contributed by atoms with E-state index in [4.69, 9.17) is 0 Å². The van der Waals surface area contributed by atoms with Gasteiger partial charge in [0, 0.05) is 0 Å². The van der Waals surface area contributed by atoms with E-state index in [-0.39, 0.29) is 22.2 Å². The van der Waals surface area contributed by atoms with Gasteiger partial charge in [-0.3, -0.25) is 9.59 Å². The van der Waals surface area contributed by atoms with Crippen LogP contribution in [-0.2, 0) is 9.59 Å². The van der Waals surface area contributed by atoms with E-state index in [0.717, 1.165) is 5.06 Å². The molecule has 0 radical (unpaired) electrons. The standard InChI is InChI=1S/C8H11Br2NO3/c9-3-7(12)5-1-2-6(11(5)14)8(13)4-10/h5-6,14H,1-4H2. The van der Waals surface area contributed by atoms with E-state index in [1.165, 1.54) is 0 Å². The van der Waals surface area contributed by atoms with Gasteiger partial charge in [-0.2, -0.15) is 5.06 Å². The highest BCUT2D eigenvalue weighted by Gasteiger charge is 2.39. The first-order valence-corrected chi connectivity index (χ1v) is 6.50. The normalized spacial score (nSPS) is 27.9. The van der Waals surface area contributed by atoms with Crippen LogP contribution in [0.4, 0.5) is 0 Å². The van der Waals surface area contributed by atoms with Crippen LogP contribution in [0.1, 0.15) is 12.8 Å². The number of Topliss-reactive ketones (excluding diaryl/α,β-unsaturated/α-hetero) is 2. The molecule has 1 fully saturated rings. The fraction of sp³-hybridized carbons (Fsp3) is 0.750. The van der Waals surface area contributed by atoms with E-state index in [0.29, 0.717) is 12.8 Å². The van der Waals surface area contributed by atoms with Gasteiger partial charge < -0.3 is 5.21 Å². The van der Waals surface area contributed by atoms with Crippen molar-refractivity contribution in [1.82, 2.24) is 5.06 Å². The van der Waals surface area contributed by atoms with Crippen molar-refractivity contribution >= 4 is 43.4 Å². The zero-order valence-electron chi connectivity index (χ0n) is 7.45. The van der Waals surface area contributed by atoms with Crippen molar-refractivity contribution in [2.75, 3.05) is 10.7 Å². The average molecular weight is 329 g/mol. The summed E-state index contributed by atoms with van der Waals surface area (Å²) in [6.45, 7) is 0. The van der Waals surface area contributed by atoms with E-state index >= 15 is 0 Å². The first-order valence-electron chi connectivity index (χ1n) is 4.26. The van der Waals surface area contributed by atoms with Crippen LogP contribution < -0.4 is 0 Å². The van der Waals surface area contributed by atoms with Gasteiger partial charge in [-0.05, 0) is 12.8 Å². The molecule has 0 spiro atoms. The number of nitrogens with zero attached hydrogens (tertiary/aromatic N) is 1. The van der Waals surface area contributed by atoms with E-state index in [1.807, 2.05) is 0 Å². The lowest BCUT2D eigenvalue weighted by atomic mass is 10.1. The number of carbonyl (C=O) groups is 2. The van der Waals surface area contributed by atoms with Crippen molar-refractivity contribution < 1.29 is 14.8 Å². The molecule has 1 heterocycles. The molecule has 0 bridgehead atoms. The SMILES string of the molecule is O=C(CBr)C1CCC(C(=O)CBr)N1O. The summed E-state index contributed by atoms with van der Waals surface area (Å²) in [5, 5.41) is 10.9. The summed E-state index contributed by atoms with van der Waals surface area (Å²) in [7, 11) is 0. The summed E-state index contributed by atoms with van der Waals surface area (Å²) >= 11 is 6.09. The Labute approximate surface area is 98.9 Å². The van der Waals surface area contributed by atoms with Gasteiger partial charge in [0.2, 0.25) is 0 Å². The lowest BCUT2D eigenvalue weighted by molar-refractivity contribution is -0.159. The van der Waals surface area contributed by atoms with Crippen LogP contribution >= 0.6 is 31.9 Å². The highest BCUT2D eigenvalue weighted by Crippen LogP contribution is 2.24. The van der Waals surface area contributed by atoms with Crippen molar-refractivity contribution in [3.05, 3.63) is 0 Å². The third-order valence-electron chi connectivity index (χ3n) is 2.36. The molecule has 14 heavy (non-hydrogen) atoms. The van der Waals surface area contributed by atoms with Crippen LogP contribution in [0.15, 0.2) is 0 Å². The molecular weight excluding hydrogens is 318 g/mol. The Bertz CT molecular complexity index is 223. The Morgan fingerprint density at radius 2 is 1.50 bits per heavy atom. The van der Waals surface area contributed by atoms with Gasteiger partial charge in [0.15, 0.2) is 11.6 Å². The number of hydrogen-bond donors (Lipinski definition) is 1. The second kappa shape index (κ2) is 5.34. The summed E-state index contributed by atoms with van der Waals surface area (Å²) in [6.07, 6.45) is 1.09. The molecule has 0 aromatic rings. The third-order valence-corrected chi connectivity index (χ3v) is 3.46. The van der Waals surface area contributed by atoms with Crippen LogP contribution in [0, 0.1) is 0 Å². The molecule has 0 aromatic heterocycles. The Morgan fingerprint density at radius 1 is 1.14 bits per heavy atom. The monoisotopic (exact) mass is 327 g/mol. The summed E-state index contributed by atoms with van der Waals surface area (Å²) in [4.78, 5) is 22.6. The minimum absolute atomic E-state index is 0.0858. The van der Waals surface area contributed by atoms with Crippen molar-refractivity contribution in [2.24, 2.45) is 0 Å². The van der Waals surface area contributed by atoms with Crippen LogP contribution in [0.25, 0.3) is 0 Å². The first-order chi connectivity index (χ1) is 6.61. The molecule has 0 aliphatic carbocycles. The molecule has 2 unspecified atom stereocenters. The second-order valence-electron chi connectivity index (χ2n) is 3.19. The van der Waals surface area contributed by atoms with Gasteiger partial charge in [0.05, 0.1) is 22.7 Å². The minimum Gasteiger partial charge on any atom is -0.313 e. The number of rotatable bonds is 4. The molecule has 1 aliphatic heterocycles. The van der Waals surface area contributed by atoms with Crippen LogP contribution in [0.5, 0.6) is 0 Å². The van der Waals surface area contributed by atoms with Crippen molar-refractivity contribution in [1.29, 1.82) is 0 Å². The maximum absolute atomic E-state index is 11.3. The molecule has 1 aliphatic rings. The Hall–Kier alpha value is 0.220. The second-order valence-corrected chi connectivity index (χ2v) is 4.31.